The van der Waals surface area contributed by atoms with Gasteiger partial charge in [0.05, 0.1) is 31.6 Å². The number of ether oxygens (including phenoxy) is 2. The van der Waals surface area contributed by atoms with Crippen LogP contribution in [0.2, 0.25) is 0 Å². The molecule has 9 nitrogen and oxygen atoms in total. The van der Waals surface area contributed by atoms with Gasteiger partial charge in [-0.2, -0.15) is 0 Å². The Bertz CT molecular complexity index is 813. The molecule has 3 rings (SSSR count). The molecule has 1 saturated heterocycles. The molecule has 154 valence electrons. The highest BCUT2D eigenvalue weighted by molar-refractivity contribution is 5.96. The summed E-state index contributed by atoms with van der Waals surface area (Å²) >= 11 is 0. The van der Waals surface area contributed by atoms with Crippen LogP contribution < -0.4 is 15.5 Å². The molecule has 3 amide bonds. The maximum absolute atomic E-state index is 12.1. The molecule has 2 aromatic rings. The van der Waals surface area contributed by atoms with Crippen LogP contribution in [0.1, 0.15) is 21.7 Å². The van der Waals surface area contributed by atoms with Crippen molar-refractivity contribution in [2.45, 2.75) is 13.1 Å². The van der Waals surface area contributed by atoms with E-state index in [4.69, 9.17) is 13.9 Å². The zero-order chi connectivity index (χ0) is 20.5. The average Bonchev–Trinajstić information content (AvgIpc) is 3.25. The van der Waals surface area contributed by atoms with Crippen LogP contribution in [0.3, 0.4) is 0 Å². The standard InChI is InChI=1S/C20H23N3O6/c24-18(22-20(26)21-12-17-2-1-9-28-17)14-29-19(25)16-5-3-15(4-6-16)13-23-7-10-27-11-8-23/h1-6,9H,7-8,10-14H2,(H2,21,22,24,26)/p+1. The second kappa shape index (κ2) is 10.4. The molecule has 0 bridgehead atoms. The molecule has 0 radical (unpaired) electrons. The Morgan fingerprint density at radius 1 is 1.07 bits per heavy atom. The largest absolute Gasteiger partial charge is 0.467 e. The molecule has 0 unspecified atom stereocenters. The molecular formula is C20H24N3O6+. The van der Waals surface area contributed by atoms with E-state index in [0.29, 0.717) is 11.3 Å². The van der Waals surface area contributed by atoms with Crippen LogP contribution in [0, 0.1) is 0 Å². The summed E-state index contributed by atoms with van der Waals surface area (Å²) in [6, 6.07) is 9.78. The van der Waals surface area contributed by atoms with Gasteiger partial charge in [-0.1, -0.05) is 12.1 Å². The molecule has 9 heteroatoms. The summed E-state index contributed by atoms with van der Waals surface area (Å²) in [5, 5.41) is 4.54. The van der Waals surface area contributed by atoms with E-state index in [9.17, 15) is 14.4 Å². The number of carbonyl (C=O) groups is 3. The van der Waals surface area contributed by atoms with E-state index >= 15 is 0 Å². The number of imide groups is 1. The molecule has 1 aromatic heterocycles. The van der Waals surface area contributed by atoms with Gasteiger partial charge in [0.25, 0.3) is 5.91 Å². The van der Waals surface area contributed by atoms with Crippen molar-refractivity contribution >= 4 is 17.9 Å². The molecule has 0 spiro atoms. The van der Waals surface area contributed by atoms with Gasteiger partial charge in [-0.05, 0) is 24.3 Å². The van der Waals surface area contributed by atoms with Crippen molar-refractivity contribution in [2.75, 3.05) is 32.9 Å². The van der Waals surface area contributed by atoms with Crippen molar-refractivity contribution < 1.29 is 33.2 Å². The number of hydrogen-bond donors (Lipinski definition) is 3. The first kappa shape index (κ1) is 20.6. The number of benzene rings is 1. The van der Waals surface area contributed by atoms with Crippen molar-refractivity contribution in [3.05, 3.63) is 59.5 Å². The first-order valence-corrected chi connectivity index (χ1v) is 9.37. The normalized spacial score (nSPS) is 14.2. The third-order valence-corrected chi connectivity index (χ3v) is 4.43. The molecule has 0 aliphatic carbocycles. The van der Waals surface area contributed by atoms with E-state index in [0.717, 1.165) is 38.4 Å². The number of esters is 1. The number of carbonyl (C=O) groups excluding carboxylic acids is 3. The van der Waals surface area contributed by atoms with Crippen LogP contribution in [-0.4, -0.2) is 50.8 Å². The summed E-state index contributed by atoms with van der Waals surface area (Å²) in [7, 11) is 0. The van der Waals surface area contributed by atoms with Gasteiger partial charge < -0.3 is 24.1 Å². The zero-order valence-electron chi connectivity index (χ0n) is 15.9. The van der Waals surface area contributed by atoms with Crippen molar-refractivity contribution in [3.8, 4) is 0 Å². The van der Waals surface area contributed by atoms with Gasteiger partial charge in [0.2, 0.25) is 0 Å². The van der Waals surface area contributed by atoms with Gasteiger partial charge in [-0.15, -0.1) is 0 Å². The lowest BCUT2D eigenvalue weighted by Gasteiger charge is -2.23. The van der Waals surface area contributed by atoms with Crippen LogP contribution in [0.25, 0.3) is 0 Å². The van der Waals surface area contributed by atoms with Gasteiger partial charge in [0.15, 0.2) is 6.61 Å². The predicted octanol–water partition coefficient (Wildman–Crippen LogP) is -0.122. The number of amides is 3. The summed E-state index contributed by atoms with van der Waals surface area (Å²) in [6.45, 7) is 3.93. The minimum absolute atomic E-state index is 0.143. The van der Waals surface area contributed by atoms with E-state index in [2.05, 4.69) is 10.6 Å². The average molecular weight is 402 g/mol. The summed E-state index contributed by atoms with van der Waals surface area (Å²) in [5.74, 6) is -0.790. The number of nitrogens with one attached hydrogen (secondary N) is 3. The SMILES string of the molecule is O=C(COC(=O)c1ccc(C[NH+]2CCOCC2)cc1)NC(=O)NCc1ccco1. The highest BCUT2D eigenvalue weighted by Crippen LogP contribution is 2.05. The molecule has 0 atom stereocenters. The Labute approximate surface area is 167 Å². The Morgan fingerprint density at radius 2 is 1.83 bits per heavy atom. The highest BCUT2D eigenvalue weighted by Gasteiger charge is 2.16. The van der Waals surface area contributed by atoms with Crippen LogP contribution in [-0.2, 0) is 27.4 Å². The fourth-order valence-electron chi connectivity index (χ4n) is 2.89. The maximum Gasteiger partial charge on any atom is 0.338 e. The van der Waals surface area contributed by atoms with Crippen LogP contribution in [0.4, 0.5) is 4.79 Å². The lowest BCUT2D eigenvalue weighted by atomic mass is 10.1. The smallest absolute Gasteiger partial charge is 0.338 e. The monoisotopic (exact) mass is 402 g/mol. The van der Waals surface area contributed by atoms with Gasteiger partial charge in [0.1, 0.15) is 25.4 Å². The maximum atomic E-state index is 12.1. The summed E-state index contributed by atoms with van der Waals surface area (Å²) in [4.78, 5) is 36.9. The van der Waals surface area contributed by atoms with Gasteiger partial charge >= 0.3 is 12.0 Å². The molecule has 3 N–H and O–H groups in total. The zero-order valence-corrected chi connectivity index (χ0v) is 15.9. The van der Waals surface area contributed by atoms with Gasteiger partial charge in [0, 0.05) is 5.56 Å². The molecule has 1 aliphatic rings. The number of quaternary nitrogens is 1. The van der Waals surface area contributed by atoms with E-state index in [1.165, 1.54) is 11.2 Å². The molecule has 1 aromatic carbocycles. The quantitative estimate of drug-likeness (QED) is 0.557. The van der Waals surface area contributed by atoms with Gasteiger partial charge in [-0.3, -0.25) is 10.1 Å². The lowest BCUT2D eigenvalue weighted by molar-refractivity contribution is -0.921. The molecule has 0 saturated carbocycles. The first-order chi connectivity index (χ1) is 14.1. The number of hydrogen-bond acceptors (Lipinski definition) is 6. The van der Waals surface area contributed by atoms with Crippen molar-refractivity contribution in [2.24, 2.45) is 0 Å². The van der Waals surface area contributed by atoms with Crippen LogP contribution in [0.5, 0.6) is 0 Å². The minimum atomic E-state index is -0.720. The Hall–Kier alpha value is -3.17. The van der Waals surface area contributed by atoms with Crippen LogP contribution >= 0.6 is 0 Å². The van der Waals surface area contributed by atoms with E-state index < -0.39 is 24.5 Å². The first-order valence-electron chi connectivity index (χ1n) is 9.37. The number of urea groups is 1. The third kappa shape index (κ3) is 6.74. The summed E-state index contributed by atoms with van der Waals surface area (Å²) in [6.07, 6.45) is 1.48. The number of furan rings is 1. The van der Waals surface area contributed by atoms with E-state index in [1.807, 2.05) is 12.1 Å². The third-order valence-electron chi connectivity index (χ3n) is 4.43. The molecule has 1 aliphatic heterocycles. The molecular weight excluding hydrogens is 378 g/mol. The molecule has 2 heterocycles. The summed E-state index contributed by atoms with van der Waals surface area (Å²) < 4.78 is 15.4. The highest BCUT2D eigenvalue weighted by atomic mass is 16.5. The number of morpholine rings is 1. The van der Waals surface area contributed by atoms with Crippen LogP contribution in [0.15, 0.2) is 47.1 Å². The predicted molar refractivity (Wildman–Crippen MR) is 101 cm³/mol. The Kier molecular flexibility index (Phi) is 7.37. The van der Waals surface area contributed by atoms with Gasteiger partial charge in [-0.25, -0.2) is 9.59 Å². The second-order valence-corrected chi connectivity index (χ2v) is 6.62. The minimum Gasteiger partial charge on any atom is -0.467 e. The van der Waals surface area contributed by atoms with Crippen molar-refractivity contribution in [3.63, 3.8) is 0 Å². The fourth-order valence-corrected chi connectivity index (χ4v) is 2.89. The Balaban J connectivity index is 1.37. The molecule has 29 heavy (non-hydrogen) atoms. The second-order valence-electron chi connectivity index (χ2n) is 6.62. The number of rotatable bonds is 7. The lowest BCUT2D eigenvalue weighted by Crippen LogP contribution is -3.12. The van der Waals surface area contributed by atoms with E-state index in [-0.39, 0.29) is 6.54 Å². The van der Waals surface area contributed by atoms with Crippen molar-refractivity contribution in [1.29, 1.82) is 0 Å². The molecule has 1 fully saturated rings. The Morgan fingerprint density at radius 3 is 2.52 bits per heavy atom. The topological polar surface area (TPSA) is 111 Å². The summed E-state index contributed by atoms with van der Waals surface area (Å²) in [5.41, 5.74) is 1.46. The van der Waals surface area contributed by atoms with Crippen molar-refractivity contribution in [1.82, 2.24) is 10.6 Å². The van der Waals surface area contributed by atoms with E-state index in [1.54, 1.807) is 24.3 Å². The fraction of sp³-hybridized carbons (Fsp3) is 0.350.